The molecule has 1 N–H and O–H groups in total. The van der Waals surface area contributed by atoms with Gasteiger partial charge < -0.3 is 15.0 Å². The van der Waals surface area contributed by atoms with Gasteiger partial charge in [0.2, 0.25) is 0 Å². The third-order valence-electron chi connectivity index (χ3n) is 4.65. The molecule has 6 nitrogen and oxygen atoms in total. The number of ether oxygens (including phenoxy) is 1. The first kappa shape index (κ1) is 19.0. The maximum Gasteiger partial charge on any atom is 0.268 e. The van der Waals surface area contributed by atoms with Crippen LogP contribution in [0.15, 0.2) is 67.0 Å². The van der Waals surface area contributed by atoms with E-state index in [1.54, 1.807) is 60.6 Å². The second-order valence-electron chi connectivity index (χ2n) is 6.65. The Hall–Kier alpha value is -3.38. The minimum absolute atomic E-state index is 0.171. The van der Waals surface area contributed by atoms with Gasteiger partial charge in [0.1, 0.15) is 5.75 Å². The molecule has 0 saturated carbocycles. The highest BCUT2D eigenvalue weighted by atomic mass is 35.5. The van der Waals surface area contributed by atoms with Crippen molar-refractivity contribution in [3.63, 3.8) is 0 Å². The summed E-state index contributed by atoms with van der Waals surface area (Å²) in [5.74, 6) is 0.141. The Morgan fingerprint density at radius 3 is 2.69 bits per heavy atom. The molecular weight excluding hydrogens is 390 g/mol. The second kappa shape index (κ2) is 7.93. The van der Waals surface area contributed by atoms with Gasteiger partial charge in [-0.1, -0.05) is 29.8 Å². The monoisotopic (exact) mass is 407 g/mol. The fraction of sp³-hybridized carbons (Fsp3) is 0.136. The third kappa shape index (κ3) is 3.93. The Balaban J connectivity index is 1.65. The Bertz CT molecular complexity index is 1070. The van der Waals surface area contributed by atoms with Gasteiger partial charge in [0.05, 0.1) is 12.2 Å². The largest absolute Gasteiger partial charge is 0.479 e. The number of carbonyl (C=O) groups is 2. The number of anilines is 2. The molecular formula is C22H18ClN3O3. The van der Waals surface area contributed by atoms with E-state index in [1.807, 2.05) is 18.2 Å². The number of nitrogens with one attached hydrogen (secondary N) is 1. The minimum Gasteiger partial charge on any atom is -0.479 e. The van der Waals surface area contributed by atoms with Gasteiger partial charge in [-0.15, -0.1) is 0 Å². The van der Waals surface area contributed by atoms with Crippen molar-refractivity contribution in [2.45, 2.75) is 19.6 Å². The molecule has 0 spiro atoms. The molecule has 2 amide bonds. The first-order valence-corrected chi connectivity index (χ1v) is 9.47. The van der Waals surface area contributed by atoms with Gasteiger partial charge in [-0.25, -0.2) is 0 Å². The second-order valence-corrected chi connectivity index (χ2v) is 7.06. The molecule has 0 aliphatic carbocycles. The van der Waals surface area contributed by atoms with E-state index in [0.717, 1.165) is 5.56 Å². The molecule has 2 aromatic carbocycles. The number of amides is 2. The average molecular weight is 408 g/mol. The number of nitrogens with zero attached hydrogens (tertiary/aromatic N) is 2. The first-order valence-electron chi connectivity index (χ1n) is 9.10. The van der Waals surface area contributed by atoms with Crippen molar-refractivity contribution in [3.8, 4) is 5.75 Å². The number of benzene rings is 2. The summed E-state index contributed by atoms with van der Waals surface area (Å²) in [6, 6.07) is 15.9. The van der Waals surface area contributed by atoms with Crippen LogP contribution in [0.4, 0.5) is 11.4 Å². The first-order chi connectivity index (χ1) is 14.0. The summed E-state index contributed by atoms with van der Waals surface area (Å²) in [7, 11) is 0. The molecule has 4 rings (SSSR count). The highest BCUT2D eigenvalue weighted by Gasteiger charge is 2.32. The SMILES string of the molecule is CC1Oc2ccc(NC(=O)c3ccncc3)cc2N(Cc2ccccc2Cl)C1=O. The lowest BCUT2D eigenvalue weighted by atomic mass is 10.1. The van der Waals surface area contributed by atoms with E-state index in [4.69, 9.17) is 16.3 Å². The predicted molar refractivity (Wildman–Crippen MR) is 111 cm³/mol. The number of pyridine rings is 1. The van der Waals surface area contributed by atoms with E-state index >= 15 is 0 Å². The van der Waals surface area contributed by atoms with E-state index in [0.29, 0.717) is 34.3 Å². The minimum atomic E-state index is -0.609. The lowest BCUT2D eigenvalue weighted by molar-refractivity contribution is -0.125. The summed E-state index contributed by atoms with van der Waals surface area (Å²) < 4.78 is 5.74. The number of hydrogen-bond donors (Lipinski definition) is 1. The van der Waals surface area contributed by atoms with Gasteiger partial charge in [-0.2, -0.15) is 0 Å². The van der Waals surface area contributed by atoms with E-state index in [9.17, 15) is 9.59 Å². The lowest BCUT2D eigenvalue weighted by Gasteiger charge is -2.33. The predicted octanol–water partition coefficient (Wildman–Crippen LogP) is 4.30. The maximum atomic E-state index is 12.8. The topological polar surface area (TPSA) is 71.5 Å². The number of carbonyl (C=O) groups excluding carboxylic acids is 2. The molecule has 1 unspecified atom stereocenters. The zero-order valence-electron chi connectivity index (χ0n) is 15.6. The average Bonchev–Trinajstić information content (AvgIpc) is 2.73. The number of fused-ring (bicyclic) bond motifs is 1. The molecule has 0 fully saturated rings. The van der Waals surface area contributed by atoms with Gasteiger partial charge in [0.25, 0.3) is 11.8 Å². The van der Waals surface area contributed by atoms with Crippen molar-refractivity contribution in [3.05, 3.63) is 83.1 Å². The summed E-state index contributed by atoms with van der Waals surface area (Å²) in [6.45, 7) is 2.02. The normalized spacial score (nSPS) is 15.4. The fourth-order valence-electron chi connectivity index (χ4n) is 3.15. The maximum absolute atomic E-state index is 12.8. The molecule has 146 valence electrons. The Morgan fingerprint density at radius 1 is 1.17 bits per heavy atom. The standard InChI is InChI=1S/C22H18ClN3O3/c1-14-22(28)26(13-16-4-2-3-5-18(16)23)19-12-17(6-7-20(19)29-14)25-21(27)15-8-10-24-11-9-15/h2-12,14H,13H2,1H3,(H,25,27). The van der Waals surface area contributed by atoms with Gasteiger partial charge in [-0.3, -0.25) is 14.6 Å². The summed E-state index contributed by atoms with van der Waals surface area (Å²) in [5.41, 5.74) is 2.46. The van der Waals surface area contributed by atoms with Crippen molar-refractivity contribution in [2.24, 2.45) is 0 Å². The Morgan fingerprint density at radius 2 is 1.93 bits per heavy atom. The van der Waals surface area contributed by atoms with Gasteiger partial charge in [-0.05, 0) is 48.9 Å². The number of hydrogen-bond acceptors (Lipinski definition) is 4. The lowest BCUT2D eigenvalue weighted by Crippen LogP contribution is -2.44. The molecule has 0 saturated heterocycles. The molecule has 1 atom stereocenters. The van der Waals surface area contributed by atoms with Crippen LogP contribution in [0.25, 0.3) is 0 Å². The zero-order chi connectivity index (χ0) is 20.4. The van der Waals surface area contributed by atoms with E-state index < -0.39 is 6.10 Å². The summed E-state index contributed by atoms with van der Waals surface area (Å²) >= 11 is 6.29. The number of rotatable bonds is 4. The van der Waals surface area contributed by atoms with Crippen LogP contribution in [0.5, 0.6) is 5.75 Å². The summed E-state index contributed by atoms with van der Waals surface area (Å²) in [4.78, 5) is 30.8. The molecule has 7 heteroatoms. The van der Waals surface area contributed by atoms with Crippen molar-refractivity contribution >= 4 is 34.8 Å². The van der Waals surface area contributed by atoms with E-state index in [-0.39, 0.29) is 11.8 Å². The van der Waals surface area contributed by atoms with Crippen molar-refractivity contribution < 1.29 is 14.3 Å². The molecule has 0 radical (unpaired) electrons. The Kier molecular flexibility index (Phi) is 5.18. The van der Waals surface area contributed by atoms with Crippen molar-refractivity contribution in [1.29, 1.82) is 0 Å². The van der Waals surface area contributed by atoms with Crippen LogP contribution in [0.2, 0.25) is 5.02 Å². The van der Waals surface area contributed by atoms with Crippen molar-refractivity contribution in [1.82, 2.24) is 4.98 Å². The molecule has 0 bridgehead atoms. The van der Waals surface area contributed by atoms with Crippen LogP contribution in [0.1, 0.15) is 22.8 Å². The smallest absolute Gasteiger partial charge is 0.268 e. The molecule has 2 heterocycles. The highest BCUT2D eigenvalue weighted by Crippen LogP contribution is 2.37. The van der Waals surface area contributed by atoms with Crippen molar-refractivity contribution in [2.75, 3.05) is 10.2 Å². The van der Waals surface area contributed by atoms with Crippen LogP contribution in [0.3, 0.4) is 0 Å². The third-order valence-corrected chi connectivity index (χ3v) is 5.02. The molecule has 1 aliphatic heterocycles. The molecule has 3 aromatic rings. The molecule has 1 aromatic heterocycles. The van der Waals surface area contributed by atoms with E-state index in [1.165, 1.54) is 0 Å². The fourth-order valence-corrected chi connectivity index (χ4v) is 3.35. The summed E-state index contributed by atoms with van der Waals surface area (Å²) in [5, 5.41) is 3.43. The molecule has 1 aliphatic rings. The quantitative estimate of drug-likeness (QED) is 0.699. The van der Waals surface area contributed by atoms with Crippen LogP contribution < -0.4 is 15.0 Å². The van der Waals surface area contributed by atoms with Crippen LogP contribution >= 0.6 is 11.6 Å². The van der Waals surface area contributed by atoms with E-state index in [2.05, 4.69) is 10.3 Å². The number of halogens is 1. The zero-order valence-corrected chi connectivity index (χ0v) is 16.4. The van der Waals surface area contributed by atoms with Gasteiger partial charge >= 0.3 is 0 Å². The highest BCUT2D eigenvalue weighted by molar-refractivity contribution is 6.31. The number of aromatic nitrogens is 1. The van der Waals surface area contributed by atoms with Crippen LogP contribution in [0, 0.1) is 0 Å². The van der Waals surface area contributed by atoms with Gasteiger partial charge in [0.15, 0.2) is 6.10 Å². The van der Waals surface area contributed by atoms with Gasteiger partial charge in [0, 0.05) is 28.7 Å². The van der Waals surface area contributed by atoms with Crippen LogP contribution in [-0.4, -0.2) is 22.9 Å². The molecule has 29 heavy (non-hydrogen) atoms. The Labute approximate surface area is 173 Å². The summed E-state index contributed by atoms with van der Waals surface area (Å²) in [6.07, 6.45) is 2.50. The van der Waals surface area contributed by atoms with Crippen LogP contribution in [-0.2, 0) is 11.3 Å².